The predicted molar refractivity (Wildman–Crippen MR) is 85.4 cm³/mol. The van der Waals surface area contributed by atoms with Crippen LogP contribution >= 0.6 is 22.7 Å². The van der Waals surface area contributed by atoms with Crippen molar-refractivity contribution in [3.05, 3.63) is 70.7 Å². The largest absolute Gasteiger partial charge is 0.152 e. The van der Waals surface area contributed by atoms with Crippen molar-refractivity contribution >= 4 is 22.7 Å². The summed E-state index contributed by atoms with van der Waals surface area (Å²) in [6, 6.07) is 18.7. The zero-order valence-electron chi connectivity index (χ0n) is 10.7. The fourth-order valence-electron chi connectivity index (χ4n) is 1.27. The molecular weight excluding hydrogens is 256 g/mol. The molecule has 0 spiro atoms. The van der Waals surface area contributed by atoms with E-state index in [1.807, 2.05) is 42.8 Å². The van der Waals surface area contributed by atoms with E-state index in [1.54, 1.807) is 22.7 Å². The molecule has 0 amide bonds. The lowest BCUT2D eigenvalue weighted by atomic mass is 10.2. The van der Waals surface area contributed by atoms with Gasteiger partial charge >= 0.3 is 0 Å². The Morgan fingerprint density at radius 2 is 1.33 bits per heavy atom. The van der Waals surface area contributed by atoms with E-state index in [2.05, 4.69) is 41.8 Å². The van der Waals surface area contributed by atoms with Crippen LogP contribution in [0.25, 0.3) is 10.4 Å². The van der Waals surface area contributed by atoms with Gasteiger partial charge in [0.05, 0.1) is 0 Å². The quantitative estimate of drug-likeness (QED) is 0.496. The molecule has 2 heteroatoms. The van der Waals surface area contributed by atoms with Crippen LogP contribution in [0.1, 0.15) is 13.8 Å². The molecule has 0 aliphatic rings. The molecule has 0 nitrogen and oxygen atoms in total. The maximum atomic E-state index is 2.14. The number of rotatable bonds is 1. The number of hydrogen-bond acceptors (Lipinski definition) is 2. The molecule has 0 radical (unpaired) electrons. The zero-order valence-corrected chi connectivity index (χ0v) is 12.4. The minimum absolute atomic E-state index is 1.31. The van der Waals surface area contributed by atoms with E-state index in [4.69, 9.17) is 0 Å². The summed E-state index contributed by atoms with van der Waals surface area (Å²) in [5.41, 5.74) is 1.31. The second-order valence-corrected chi connectivity index (χ2v) is 4.90. The van der Waals surface area contributed by atoms with Crippen molar-refractivity contribution in [3.8, 4) is 10.4 Å². The average molecular weight is 274 g/mol. The van der Waals surface area contributed by atoms with Gasteiger partial charge in [-0.2, -0.15) is 11.3 Å². The van der Waals surface area contributed by atoms with Crippen molar-refractivity contribution in [3.63, 3.8) is 0 Å². The number of thiophene rings is 2. The summed E-state index contributed by atoms with van der Waals surface area (Å²) >= 11 is 3.49. The summed E-state index contributed by atoms with van der Waals surface area (Å²) in [4.78, 5) is 1.34. The maximum absolute atomic E-state index is 2.14. The normalized spacial score (nSPS) is 8.56. The summed E-state index contributed by atoms with van der Waals surface area (Å²) in [5, 5.41) is 6.18. The Morgan fingerprint density at radius 1 is 0.667 bits per heavy atom. The van der Waals surface area contributed by atoms with Gasteiger partial charge in [-0.1, -0.05) is 62.4 Å². The maximum Gasteiger partial charge on any atom is 0.0342 e. The van der Waals surface area contributed by atoms with Gasteiger partial charge in [0.2, 0.25) is 0 Å². The highest BCUT2D eigenvalue weighted by atomic mass is 32.1. The number of hydrogen-bond donors (Lipinski definition) is 0. The lowest BCUT2D eigenvalue weighted by Gasteiger charge is -1.93. The highest BCUT2D eigenvalue weighted by Gasteiger charge is 1.93. The van der Waals surface area contributed by atoms with E-state index in [-0.39, 0.29) is 0 Å². The fourth-order valence-corrected chi connectivity index (χ4v) is 2.46. The van der Waals surface area contributed by atoms with Gasteiger partial charge in [0.15, 0.2) is 0 Å². The second-order valence-electron chi connectivity index (χ2n) is 3.14. The minimum atomic E-state index is 1.31. The lowest BCUT2D eigenvalue weighted by molar-refractivity contribution is 1.50. The first-order valence-electron chi connectivity index (χ1n) is 6.03. The first-order valence-corrected chi connectivity index (χ1v) is 7.85. The van der Waals surface area contributed by atoms with E-state index in [9.17, 15) is 0 Å². The van der Waals surface area contributed by atoms with Gasteiger partial charge in [-0.25, -0.2) is 0 Å². The van der Waals surface area contributed by atoms with Gasteiger partial charge in [-0.15, -0.1) is 11.3 Å². The molecule has 0 N–H and O–H groups in total. The molecule has 2 aromatic heterocycles. The third-order valence-corrected chi connectivity index (χ3v) is 3.55. The van der Waals surface area contributed by atoms with Gasteiger partial charge in [0.1, 0.15) is 0 Å². The number of benzene rings is 1. The Balaban J connectivity index is 0.000000195. The third kappa shape index (κ3) is 5.30. The smallest absolute Gasteiger partial charge is 0.0342 e. The van der Waals surface area contributed by atoms with Crippen LogP contribution in [-0.2, 0) is 0 Å². The van der Waals surface area contributed by atoms with Crippen LogP contribution in [0.15, 0.2) is 70.7 Å². The summed E-state index contributed by atoms with van der Waals surface area (Å²) in [6.45, 7) is 4.00. The highest BCUT2D eigenvalue weighted by Crippen LogP contribution is 2.23. The summed E-state index contributed by atoms with van der Waals surface area (Å²) in [6.07, 6.45) is 0. The van der Waals surface area contributed by atoms with Gasteiger partial charge in [-0.05, 0) is 27.8 Å². The van der Waals surface area contributed by atoms with E-state index in [0.29, 0.717) is 0 Å². The van der Waals surface area contributed by atoms with Crippen LogP contribution in [0.2, 0.25) is 0 Å². The molecule has 2 heterocycles. The molecule has 0 bridgehead atoms. The minimum Gasteiger partial charge on any atom is -0.152 e. The van der Waals surface area contributed by atoms with Gasteiger partial charge in [0.25, 0.3) is 0 Å². The van der Waals surface area contributed by atoms with E-state index >= 15 is 0 Å². The molecule has 0 unspecified atom stereocenters. The van der Waals surface area contributed by atoms with Crippen LogP contribution in [-0.4, -0.2) is 0 Å². The Bertz CT molecular complexity index is 450. The Labute approximate surface area is 118 Å². The van der Waals surface area contributed by atoms with Crippen molar-refractivity contribution in [1.29, 1.82) is 0 Å². The van der Waals surface area contributed by atoms with E-state index < -0.39 is 0 Å². The summed E-state index contributed by atoms with van der Waals surface area (Å²) in [5.74, 6) is 0. The molecular formula is C16H18S2. The molecule has 0 saturated heterocycles. The van der Waals surface area contributed by atoms with Gasteiger partial charge < -0.3 is 0 Å². The Kier molecular flexibility index (Phi) is 7.85. The molecule has 94 valence electrons. The molecule has 0 aliphatic carbocycles. The van der Waals surface area contributed by atoms with Gasteiger partial charge in [-0.3, -0.25) is 0 Å². The molecule has 3 aromatic rings. The van der Waals surface area contributed by atoms with E-state index in [1.165, 1.54) is 10.4 Å². The molecule has 18 heavy (non-hydrogen) atoms. The zero-order chi connectivity index (χ0) is 13.1. The van der Waals surface area contributed by atoms with Crippen molar-refractivity contribution in [2.45, 2.75) is 13.8 Å². The van der Waals surface area contributed by atoms with Crippen LogP contribution < -0.4 is 0 Å². The molecule has 0 saturated carbocycles. The molecule has 3 rings (SSSR count). The van der Waals surface area contributed by atoms with Crippen molar-refractivity contribution in [2.24, 2.45) is 0 Å². The van der Waals surface area contributed by atoms with Crippen molar-refractivity contribution < 1.29 is 0 Å². The SMILES string of the molecule is CC.c1ccc(-c2cccs2)cc1.c1ccsc1. The van der Waals surface area contributed by atoms with Crippen LogP contribution in [0.4, 0.5) is 0 Å². The molecule has 0 aliphatic heterocycles. The van der Waals surface area contributed by atoms with Crippen LogP contribution in [0.3, 0.4) is 0 Å². The summed E-state index contributed by atoms with van der Waals surface area (Å²) in [7, 11) is 0. The topological polar surface area (TPSA) is 0 Å². The second kappa shape index (κ2) is 9.63. The average Bonchev–Trinajstić information content (AvgIpc) is 3.18. The Hall–Kier alpha value is -1.38. The van der Waals surface area contributed by atoms with Crippen molar-refractivity contribution in [1.82, 2.24) is 0 Å². The monoisotopic (exact) mass is 274 g/mol. The molecule has 1 aromatic carbocycles. The van der Waals surface area contributed by atoms with Crippen molar-refractivity contribution in [2.75, 3.05) is 0 Å². The summed E-state index contributed by atoms with van der Waals surface area (Å²) < 4.78 is 0. The first-order chi connectivity index (χ1) is 8.97. The third-order valence-electron chi connectivity index (χ3n) is 2.00. The Morgan fingerprint density at radius 3 is 1.78 bits per heavy atom. The predicted octanol–water partition coefficient (Wildman–Crippen LogP) is 6.19. The van der Waals surface area contributed by atoms with Gasteiger partial charge in [0, 0.05) is 4.88 Å². The van der Waals surface area contributed by atoms with E-state index in [0.717, 1.165) is 0 Å². The molecule has 0 fully saturated rings. The molecule has 0 atom stereocenters. The van der Waals surface area contributed by atoms with Crippen LogP contribution in [0, 0.1) is 0 Å². The van der Waals surface area contributed by atoms with Crippen LogP contribution in [0.5, 0.6) is 0 Å². The standard InChI is InChI=1S/C10H8S.C4H4S.C2H6/c1-2-5-9(6-3-1)10-7-4-8-11-10;1-2-4-5-3-1;1-2/h1-8H;1-4H;1-2H3. The first kappa shape index (κ1) is 14.7. The highest BCUT2D eigenvalue weighted by molar-refractivity contribution is 7.13. The fraction of sp³-hybridized carbons (Fsp3) is 0.125. The lowest BCUT2D eigenvalue weighted by Crippen LogP contribution is -1.67.